The van der Waals surface area contributed by atoms with Crippen LogP contribution in [0.3, 0.4) is 0 Å². The van der Waals surface area contributed by atoms with E-state index in [2.05, 4.69) is 13.2 Å². The van der Waals surface area contributed by atoms with Gasteiger partial charge in [-0.15, -0.1) is 6.58 Å². The molecule has 0 saturated heterocycles. The van der Waals surface area contributed by atoms with Gasteiger partial charge >= 0.3 is 5.97 Å². The molecule has 0 radical (unpaired) electrons. The van der Waals surface area contributed by atoms with Crippen molar-refractivity contribution in [3.8, 4) is 0 Å². The predicted molar refractivity (Wildman–Crippen MR) is 90.8 cm³/mol. The Hall–Kier alpha value is -1.58. The third-order valence-electron chi connectivity index (χ3n) is 4.39. The zero-order chi connectivity index (χ0) is 17.4. The van der Waals surface area contributed by atoms with Crippen LogP contribution in [-0.2, 0) is 19.1 Å². The average Bonchev–Trinajstić information content (AvgIpc) is 2.47. The summed E-state index contributed by atoms with van der Waals surface area (Å²) in [6, 6.07) is 0. The van der Waals surface area contributed by atoms with Crippen LogP contribution in [0.4, 0.5) is 0 Å². The molecule has 0 amide bonds. The number of ether oxygens (including phenoxy) is 2. The number of rotatable bonds is 4. The second-order valence-electron chi connectivity index (χ2n) is 7.02. The summed E-state index contributed by atoms with van der Waals surface area (Å²) < 4.78 is 10.5. The molecule has 2 saturated carbocycles. The van der Waals surface area contributed by atoms with Crippen LogP contribution in [0.1, 0.15) is 59.3 Å². The van der Waals surface area contributed by atoms with Gasteiger partial charge in [-0.1, -0.05) is 12.2 Å². The van der Waals surface area contributed by atoms with Gasteiger partial charge in [-0.25, -0.2) is 4.79 Å². The minimum absolute atomic E-state index is 0.0361. The number of allylic oxidation sites excluding steroid dienone is 1. The molecular weight excluding hydrogens is 292 g/mol. The average molecular weight is 322 g/mol. The highest BCUT2D eigenvalue weighted by molar-refractivity contribution is 5.87. The molecule has 0 bridgehead atoms. The topological polar surface area (TPSA) is 52.6 Å². The first-order valence-electron chi connectivity index (χ1n) is 8.41. The van der Waals surface area contributed by atoms with E-state index in [0.717, 1.165) is 38.5 Å². The van der Waals surface area contributed by atoms with Crippen molar-refractivity contribution in [3.05, 3.63) is 24.3 Å². The van der Waals surface area contributed by atoms with Gasteiger partial charge < -0.3 is 9.47 Å². The van der Waals surface area contributed by atoms with Gasteiger partial charge in [-0.3, -0.25) is 4.79 Å². The molecule has 0 aromatic rings. The normalized spacial score (nSPS) is 29.2. The predicted octanol–water partition coefficient (Wildman–Crippen LogP) is 4.20. The molecule has 0 aliphatic heterocycles. The molecule has 4 unspecified atom stereocenters. The summed E-state index contributed by atoms with van der Waals surface area (Å²) in [6.45, 7) is 13.3. The van der Waals surface area contributed by atoms with Crippen molar-refractivity contribution >= 4 is 12.4 Å². The number of carbonyl (C=O) groups excluding carboxylic acids is 2. The lowest BCUT2D eigenvalue weighted by molar-refractivity contribution is -0.149. The van der Waals surface area contributed by atoms with Crippen LogP contribution in [0.5, 0.6) is 0 Å². The van der Waals surface area contributed by atoms with E-state index in [-0.39, 0.29) is 18.2 Å². The molecule has 2 rings (SSSR count). The Kier molecular flexibility index (Phi) is 8.07. The van der Waals surface area contributed by atoms with Crippen LogP contribution in [0, 0.1) is 11.8 Å². The van der Waals surface area contributed by atoms with Crippen molar-refractivity contribution in [2.45, 2.75) is 71.5 Å². The zero-order valence-corrected chi connectivity index (χ0v) is 14.7. The number of hydrogen-bond donors (Lipinski definition) is 0. The minimum atomic E-state index is -0.276. The second kappa shape index (κ2) is 9.53. The van der Waals surface area contributed by atoms with E-state index in [1.807, 2.05) is 13.8 Å². The Labute approximate surface area is 139 Å². The molecule has 4 heteroatoms. The fourth-order valence-electron chi connectivity index (χ4n) is 3.36. The quantitative estimate of drug-likeness (QED) is 0.337. The van der Waals surface area contributed by atoms with Crippen molar-refractivity contribution < 1.29 is 19.1 Å². The van der Waals surface area contributed by atoms with Gasteiger partial charge in [0.25, 0.3) is 6.47 Å². The second-order valence-corrected chi connectivity index (χ2v) is 7.02. The van der Waals surface area contributed by atoms with Gasteiger partial charge in [0.1, 0.15) is 12.2 Å². The molecule has 130 valence electrons. The van der Waals surface area contributed by atoms with Crippen molar-refractivity contribution in [1.82, 2.24) is 0 Å². The summed E-state index contributed by atoms with van der Waals surface area (Å²) in [7, 11) is 0. The van der Waals surface area contributed by atoms with Crippen molar-refractivity contribution in [2.75, 3.05) is 0 Å². The molecule has 0 aromatic heterocycles. The first kappa shape index (κ1) is 19.5. The highest BCUT2D eigenvalue weighted by Gasteiger charge is 2.37. The lowest BCUT2D eigenvalue weighted by Crippen LogP contribution is -2.37. The molecule has 2 fully saturated rings. The summed E-state index contributed by atoms with van der Waals surface area (Å²) in [6.07, 6.45) is 5.99. The Morgan fingerprint density at radius 2 is 1.43 bits per heavy atom. The van der Waals surface area contributed by atoms with Crippen LogP contribution in [0.15, 0.2) is 24.3 Å². The number of hydrogen-bond acceptors (Lipinski definition) is 4. The van der Waals surface area contributed by atoms with Crippen LogP contribution >= 0.6 is 0 Å². The third kappa shape index (κ3) is 7.02. The summed E-state index contributed by atoms with van der Waals surface area (Å²) in [5.74, 6) is 0.933. The molecule has 4 nitrogen and oxygen atoms in total. The van der Waals surface area contributed by atoms with E-state index in [1.54, 1.807) is 6.92 Å². The first-order valence-corrected chi connectivity index (χ1v) is 8.41. The van der Waals surface area contributed by atoms with Gasteiger partial charge in [-0.2, -0.15) is 0 Å². The highest BCUT2D eigenvalue weighted by atomic mass is 16.5. The number of carbonyl (C=O) groups is 2. The van der Waals surface area contributed by atoms with E-state index < -0.39 is 0 Å². The molecule has 0 spiro atoms. The van der Waals surface area contributed by atoms with Gasteiger partial charge in [-0.05, 0) is 71.1 Å². The van der Waals surface area contributed by atoms with Crippen molar-refractivity contribution in [1.29, 1.82) is 0 Å². The lowest BCUT2D eigenvalue weighted by Gasteiger charge is -2.41. The number of esters is 1. The molecule has 23 heavy (non-hydrogen) atoms. The molecule has 0 aromatic carbocycles. The fraction of sp³-hybridized carbons (Fsp3) is 0.684. The van der Waals surface area contributed by atoms with Gasteiger partial charge in [0.05, 0.1) is 0 Å². The largest absolute Gasteiger partial charge is 0.465 e. The van der Waals surface area contributed by atoms with E-state index in [0.29, 0.717) is 23.9 Å². The zero-order valence-electron chi connectivity index (χ0n) is 14.7. The van der Waals surface area contributed by atoms with Crippen LogP contribution in [0.2, 0.25) is 0 Å². The van der Waals surface area contributed by atoms with Crippen LogP contribution < -0.4 is 0 Å². The molecule has 0 heterocycles. The van der Waals surface area contributed by atoms with Crippen LogP contribution in [-0.4, -0.2) is 24.6 Å². The SMILES string of the molecule is C=C(C)C.C=C(C)C(=O)OC1CCC2CC(OC=O)CCC2C1. The maximum atomic E-state index is 11.5. The molecule has 0 N–H and O–H groups in total. The van der Waals surface area contributed by atoms with E-state index in [9.17, 15) is 9.59 Å². The van der Waals surface area contributed by atoms with Gasteiger partial charge in [0.2, 0.25) is 0 Å². The van der Waals surface area contributed by atoms with Crippen molar-refractivity contribution in [2.24, 2.45) is 11.8 Å². The lowest BCUT2D eigenvalue weighted by atomic mass is 9.69. The number of fused-ring (bicyclic) bond motifs is 1. The Balaban J connectivity index is 0.000000593. The Bertz CT molecular complexity index is 437. The molecular formula is C19H30O4. The van der Waals surface area contributed by atoms with Crippen LogP contribution in [0.25, 0.3) is 0 Å². The van der Waals surface area contributed by atoms with E-state index >= 15 is 0 Å². The minimum Gasteiger partial charge on any atom is -0.465 e. The molecule has 4 atom stereocenters. The molecule has 2 aliphatic rings. The Morgan fingerprint density at radius 3 is 1.91 bits per heavy atom. The summed E-state index contributed by atoms with van der Waals surface area (Å²) in [5.41, 5.74) is 1.63. The first-order chi connectivity index (χ1) is 10.8. The van der Waals surface area contributed by atoms with Crippen molar-refractivity contribution in [3.63, 3.8) is 0 Å². The molecule has 2 aliphatic carbocycles. The standard InChI is InChI=1S/C15H22O4.C4H8/c1-10(2)15(17)19-14-6-4-11-7-13(18-9-16)5-3-12(11)8-14;1-4(2)3/h9,11-14H,1,3-8H2,2H3;1H2,2-3H3. The maximum absolute atomic E-state index is 11.5. The summed E-state index contributed by atoms with van der Waals surface area (Å²) >= 11 is 0. The smallest absolute Gasteiger partial charge is 0.333 e. The summed E-state index contributed by atoms with van der Waals surface area (Å²) in [5, 5.41) is 0. The van der Waals surface area contributed by atoms with Gasteiger partial charge in [0.15, 0.2) is 0 Å². The summed E-state index contributed by atoms with van der Waals surface area (Å²) in [4.78, 5) is 21.9. The highest BCUT2D eigenvalue weighted by Crippen LogP contribution is 2.42. The van der Waals surface area contributed by atoms with Gasteiger partial charge in [0, 0.05) is 5.57 Å². The monoisotopic (exact) mass is 322 g/mol. The maximum Gasteiger partial charge on any atom is 0.333 e. The van der Waals surface area contributed by atoms with E-state index in [4.69, 9.17) is 9.47 Å². The Morgan fingerprint density at radius 1 is 0.957 bits per heavy atom. The fourth-order valence-corrected chi connectivity index (χ4v) is 3.36. The third-order valence-corrected chi connectivity index (χ3v) is 4.39. The van der Waals surface area contributed by atoms with E-state index in [1.165, 1.54) is 5.57 Å².